The Hall–Kier alpha value is -2.44. The Morgan fingerprint density at radius 1 is 1.07 bits per heavy atom. The van der Waals surface area contributed by atoms with Gasteiger partial charge in [-0.3, -0.25) is 9.69 Å². The van der Waals surface area contributed by atoms with Gasteiger partial charge in [0.25, 0.3) is 0 Å². The number of rotatable bonds is 5. The predicted octanol–water partition coefficient (Wildman–Crippen LogP) is 2.16. The number of sulfonamides is 1. The van der Waals surface area contributed by atoms with E-state index in [2.05, 4.69) is 5.32 Å². The third kappa shape index (κ3) is 4.69. The molecule has 1 amide bonds. The standard InChI is InChI=1S/C19H19ClN4O3S/c20-17-3-1-2-4-18(17)28(26,27)24-11-9-23(10-12-24)14-19(25)22-16-7-5-15(13-21)6-8-16/h1-8H,9-12,14H2,(H,22,25). The van der Waals surface area contributed by atoms with Gasteiger partial charge in [0.05, 0.1) is 23.2 Å². The summed E-state index contributed by atoms with van der Waals surface area (Å²) >= 11 is 6.03. The minimum absolute atomic E-state index is 0.101. The number of benzene rings is 2. The zero-order valence-corrected chi connectivity index (χ0v) is 16.6. The molecule has 0 bridgehead atoms. The highest BCUT2D eigenvalue weighted by Crippen LogP contribution is 2.25. The van der Waals surface area contributed by atoms with Crippen molar-refractivity contribution < 1.29 is 13.2 Å². The molecule has 2 aromatic carbocycles. The highest BCUT2D eigenvalue weighted by Gasteiger charge is 2.30. The Bertz CT molecular complexity index is 995. The third-order valence-corrected chi connectivity index (χ3v) is 6.85. The predicted molar refractivity (Wildman–Crippen MR) is 106 cm³/mol. The van der Waals surface area contributed by atoms with E-state index in [0.717, 1.165) is 0 Å². The lowest BCUT2D eigenvalue weighted by Crippen LogP contribution is -2.50. The van der Waals surface area contributed by atoms with Crippen LogP contribution in [-0.2, 0) is 14.8 Å². The number of nitrogens with zero attached hydrogens (tertiary/aromatic N) is 3. The molecule has 7 nitrogen and oxygen atoms in total. The maximum absolute atomic E-state index is 12.8. The molecule has 1 N–H and O–H groups in total. The third-order valence-electron chi connectivity index (χ3n) is 4.45. The minimum atomic E-state index is -3.65. The summed E-state index contributed by atoms with van der Waals surface area (Å²) < 4.78 is 26.9. The van der Waals surface area contributed by atoms with Crippen molar-refractivity contribution in [2.45, 2.75) is 4.90 Å². The van der Waals surface area contributed by atoms with E-state index in [-0.39, 0.29) is 35.5 Å². The molecule has 1 fully saturated rings. The molecule has 0 aliphatic carbocycles. The maximum Gasteiger partial charge on any atom is 0.244 e. The SMILES string of the molecule is N#Cc1ccc(NC(=O)CN2CCN(S(=O)(=O)c3ccccc3Cl)CC2)cc1. The van der Waals surface area contributed by atoms with Crippen molar-refractivity contribution in [1.82, 2.24) is 9.21 Å². The Labute approximate surface area is 169 Å². The quantitative estimate of drug-likeness (QED) is 0.803. The van der Waals surface area contributed by atoms with Gasteiger partial charge in [-0.15, -0.1) is 0 Å². The summed E-state index contributed by atoms with van der Waals surface area (Å²) in [6, 6.07) is 15.0. The lowest BCUT2D eigenvalue weighted by molar-refractivity contribution is -0.117. The summed E-state index contributed by atoms with van der Waals surface area (Å²) in [7, 11) is -3.65. The van der Waals surface area contributed by atoms with Gasteiger partial charge in [-0.2, -0.15) is 9.57 Å². The lowest BCUT2D eigenvalue weighted by atomic mass is 10.2. The summed E-state index contributed by atoms with van der Waals surface area (Å²) in [5.74, 6) is -0.188. The summed E-state index contributed by atoms with van der Waals surface area (Å²) in [5, 5.41) is 11.8. The Kier molecular flexibility index (Phi) is 6.31. The Morgan fingerprint density at radius 2 is 1.71 bits per heavy atom. The second-order valence-electron chi connectivity index (χ2n) is 6.35. The van der Waals surface area contributed by atoms with Crippen LogP contribution in [0.15, 0.2) is 53.4 Å². The van der Waals surface area contributed by atoms with Crippen molar-refractivity contribution >= 4 is 33.2 Å². The number of halogens is 1. The van der Waals surface area contributed by atoms with Gasteiger partial charge in [-0.05, 0) is 36.4 Å². The number of amides is 1. The van der Waals surface area contributed by atoms with Crippen molar-refractivity contribution in [3.63, 3.8) is 0 Å². The molecule has 1 aliphatic rings. The van der Waals surface area contributed by atoms with Gasteiger partial charge in [-0.25, -0.2) is 8.42 Å². The maximum atomic E-state index is 12.8. The molecule has 1 heterocycles. The molecule has 0 atom stereocenters. The van der Waals surface area contributed by atoms with E-state index in [1.54, 1.807) is 42.5 Å². The van der Waals surface area contributed by atoms with E-state index in [1.807, 2.05) is 11.0 Å². The molecule has 3 rings (SSSR count). The fourth-order valence-corrected chi connectivity index (χ4v) is 4.87. The van der Waals surface area contributed by atoms with Crippen molar-refractivity contribution in [2.24, 2.45) is 0 Å². The van der Waals surface area contributed by atoms with Crippen molar-refractivity contribution in [3.05, 3.63) is 59.1 Å². The summed E-state index contributed by atoms with van der Waals surface area (Å²) in [5.41, 5.74) is 1.14. The summed E-state index contributed by atoms with van der Waals surface area (Å²) in [6.07, 6.45) is 0. The smallest absolute Gasteiger partial charge is 0.244 e. The fraction of sp³-hybridized carbons (Fsp3) is 0.263. The summed E-state index contributed by atoms with van der Waals surface area (Å²) in [6.45, 7) is 1.64. The van der Waals surface area contributed by atoms with Crippen LogP contribution in [0.1, 0.15) is 5.56 Å². The van der Waals surface area contributed by atoms with Crippen LogP contribution in [0.5, 0.6) is 0 Å². The minimum Gasteiger partial charge on any atom is -0.325 e. The molecule has 0 spiro atoms. The van der Waals surface area contributed by atoms with Gasteiger partial charge < -0.3 is 5.32 Å². The zero-order chi connectivity index (χ0) is 20.1. The van der Waals surface area contributed by atoms with Gasteiger partial charge in [0.2, 0.25) is 15.9 Å². The number of nitriles is 1. The zero-order valence-electron chi connectivity index (χ0n) is 15.0. The number of carbonyl (C=O) groups excluding carboxylic acids is 1. The van der Waals surface area contributed by atoms with Crippen molar-refractivity contribution in [2.75, 3.05) is 38.0 Å². The van der Waals surface area contributed by atoms with E-state index in [1.165, 1.54) is 10.4 Å². The first kappa shape index (κ1) is 20.3. The van der Waals surface area contributed by atoms with Crippen LogP contribution in [0.2, 0.25) is 5.02 Å². The monoisotopic (exact) mass is 418 g/mol. The van der Waals surface area contributed by atoms with Crippen LogP contribution in [0, 0.1) is 11.3 Å². The molecule has 1 saturated heterocycles. The molecule has 0 radical (unpaired) electrons. The number of hydrogen-bond acceptors (Lipinski definition) is 5. The average Bonchev–Trinajstić information content (AvgIpc) is 2.69. The first-order chi connectivity index (χ1) is 13.4. The van der Waals surface area contributed by atoms with Crippen LogP contribution in [0.3, 0.4) is 0 Å². The van der Waals surface area contributed by atoms with Gasteiger partial charge in [0, 0.05) is 31.9 Å². The van der Waals surface area contributed by atoms with E-state index in [4.69, 9.17) is 16.9 Å². The number of nitrogens with one attached hydrogen (secondary N) is 1. The fourth-order valence-electron chi connectivity index (χ4n) is 2.95. The summed E-state index contributed by atoms with van der Waals surface area (Å²) in [4.78, 5) is 14.2. The molecule has 0 unspecified atom stereocenters. The second-order valence-corrected chi connectivity index (χ2v) is 8.66. The number of carbonyl (C=O) groups is 1. The van der Waals surface area contributed by atoms with Crippen LogP contribution in [0.4, 0.5) is 5.69 Å². The average molecular weight is 419 g/mol. The van der Waals surface area contributed by atoms with Crippen molar-refractivity contribution in [3.8, 4) is 6.07 Å². The topological polar surface area (TPSA) is 93.5 Å². The molecule has 0 aromatic heterocycles. The largest absolute Gasteiger partial charge is 0.325 e. The molecule has 0 saturated carbocycles. The number of piperazine rings is 1. The van der Waals surface area contributed by atoms with Gasteiger partial charge in [0.15, 0.2) is 0 Å². The second kappa shape index (κ2) is 8.71. The lowest BCUT2D eigenvalue weighted by Gasteiger charge is -2.33. The van der Waals surface area contributed by atoms with Gasteiger partial charge in [0.1, 0.15) is 4.90 Å². The van der Waals surface area contributed by atoms with Crippen LogP contribution in [0.25, 0.3) is 0 Å². The number of anilines is 1. The molecular weight excluding hydrogens is 400 g/mol. The molecule has 1 aliphatic heterocycles. The first-order valence-electron chi connectivity index (χ1n) is 8.67. The highest BCUT2D eigenvalue weighted by molar-refractivity contribution is 7.89. The first-order valence-corrected chi connectivity index (χ1v) is 10.5. The van der Waals surface area contributed by atoms with E-state index in [9.17, 15) is 13.2 Å². The normalized spacial score (nSPS) is 15.7. The Morgan fingerprint density at radius 3 is 2.32 bits per heavy atom. The van der Waals surface area contributed by atoms with Crippen LogP contribution in [-0.4, -0.2) is 56.3 Å². The molecule has 9 heteroatoms. The van der Waals surface area contributed by atoms with Gasteiger partial charge >= 0.3 is 0 Å². The van der Waals surface area contributed by atoms with E-state index in [0.29, 0.717) is 24.3 Å². The van der Waals surface area contributed by atoms with Gasteiger partial charge in [-0.1, -0.05) is 23.7 Å². The molecule has 146 valence electrons. The van der Waals surface area contributed by atoms with Crippen molar-refractivity contribution in [1.29, 1.82) is 5.26 Å². The number of hydrogen-bond donors (Lipinski definition) is 1. The van der Waals surface area contributed by atoms with Crippen LogP contribution >= 0.6 is 11.6 Å². The molecule has 2 aromatic rings. The molecular formula is C19H19ClN4O3S. The molecule has 28 heavy (non-hydrogen) atoms. The highest BCUT2D eigenvalue weighted by atomic mass is 35.5. The van der Waals surface area contributed by atoms with E-state index < -0.39 is 10.0 Å². The van der Waals surface area contributed by atoms with Crippen LogP contribution < -0.4 is 5.32 Å². The van der Waals surface area contributed by atoms with E-state index >= 15 is 0 Å². The Balaban J connectivity index is 1.54.